The smallest absolute Gasteiger partial charge is 0.183 e. The van der Waals surface area contributed by atoms with Crippen molar-refractivity contribution >= 4 is 11.5 Å². The summed E-state index contributed by atoms with van der Waals surface area (Å²) in [5.41, 5.74) is 3.20. The first-order valence-electron chi connectivity index (χ1n) is 8.38. The minimum Gasteiger partial charge on any atom is -0.377 e. The summed E-state index contributed by atoms with van der Waals surface area (Å²) >= 11 is 0. The molecule has 0 aliphatic heterocycles. The van der Waals surface area contributed by atoms with Crippen molar-refractivity contribution in [3.8, 4) is 0 Å². The fourth-order valence-corrected chi connectivity index (χ4v) is 3.67. The van der Waals surface area contributed by atoms with Crippen LogP contribution in [0.2, 0.25) is 0 Å². The second-order valence-corrected chi connectivity index (χ2v) is 6.50. The number of hydrogen-bond acceptors (Lipinski definition) is 2. The second kappa shape index (κ2) is 6.75. The Kier molecular flexibility index (Phi) is 4.69. The van der Waals surface area contributed by atoms with Crippen molar-refractivity contribution < 1.29 is 13.6 Å². The molecular formula is C19H22F2N2O. The summed E-state index contributed by atoms with van der Waals surface area (Å²) in [7, 11) is 0. The zero-order chi connectivity index (χ0) is 17.3. The van der Waals surface area contributed by atoms with E-state index in [0.717, 1.165) is 36.4 Å². The molecule has 1 saturated carbocycles. The Morgan fingerprint density at radius 3 is 2.54 bits per heavy atom. The minimum absolute atomic E-state index is 0.0444. The lowest BCUT2D eigenvalue weighted by molar-refractivity contribution is 0.101. The average Bonchev–Trinajstić information content (AvgIpc) is 3.16. The van der Waals surface area contributed by atoms with Gasteiger partial charge in [-0.2, -0.15) is 0 Å². The van der Waals surface area contributed by atoms with Crippen molar-refractivity contribution in [2.45, 2.75) is 45.6 Å². The molecule has 24 heavy (non-hydrogen) atoms. The number of aryl methyl sites for hydroxylation is 1. The van der Waals surface area contributed by atoms with E-state index in [1.807, 2.05) is 19.9 Å². The molecule has 1 heterocycles. The standard InChI is InChI=1S/C19H22F2N2O/c1-12-9-16(13(2)23(12)15-5-3-4-6-15)19(24)11-22-14-7-8-17(20)18(21)10-14/h7-10,15,22H,3-6,11H2,1-2H3. The number of halogens is 2. The van der Waals surface area contributed by atoms with Crippen LogP contribution in [0.1, 0.15) is 53.5 Å². The highest BCUT2D eigenvalue weighted by molar-refractivity contribution is 6.00. The van der Waals surface area contributed by atoms with Crippen molar-refractivity contribution in [3.05, 3.63) is 52.9 Å². The number of rotatable bonds is 5. The van der Waals surface area contributed by atoms with Crippen molar-refractivity contribution in [3.63, 3.8) is 0 Å². The molecule has 1 N–H and O–H groups in total. The van der Waals surface area contributed by atoms with E-state index in [0.29, 0.717) is 17.3 Å². The molecule has 5 heteroatoms. The van der Waals surface area contributed by atoms with Crippen LogP contribution in [0.25, 0.3) is 0 Å². The molecule has 0 unspecified atom stereocenters. The number of anilines is 1. The van der Waals surface area contributed by atoms with Crippen molar-refractivity contribution in [2.24, 2.45) is 0 Å². The van der Waals surface area contributed by atoms with Gasteiger partial charge in [0.2, 0.25) is 0 Å². The fraction of sp³-hybridized carbons (Fsp3) is 0.421. The van der Waals surface area contributed by atoms with E-state index in [4.69, 9.17) is 0 Å². The highest BCUT2D eigenvalue weighted by Gasteiger charge is 2.23. The predicted molar refractivity (Wildman–Crippen MR) is 90.6 cm³/mol. The maximum Gasteiger partial charge on any atom is 0.183 e. The van der Waals surface area contributed by atoms with E-state index in [-0.39, 0.29) is 12.3 Å². The van der Waals surface area contributed by atoms with Crippen LogP contribution in [-0.2, 0) is 0 Å². The van der Waals surface area contributed by atoms with E-state index < -0.39 is 11.6 Å². The molecule has 2 aromatic rings. The SMILES string of the molecule is Cc1cc(C(=O)CNc2ccc(F)c(F)c2)c(C)n1C1CCCC1. The molecule has 3 rings (SSSR count). The zero-order valence-electron chi connectivity index (χ0n) is 14.0. The lowest BCUT2D eigenvalue weighted by atomic mass is 10.1. The first-order valence-corrected chi connectivity index (χ1v) is 8.38. The largest absolute Gasteiger partial charge is 0.377 e. The van der Waals surface area contributed by atoms with Gasteiger partial charge in [-0.3, -0.25) is 4.79 Å². The normalized spacial score (nSPS) is 15.0. The van der Waals surface area contributed by atoms with Crippen LogP contribution in [0.15, 0.2) is 24.3 Å². The van der Waals surface area contributed by atoms with Crippen molar-refractivity contribution in [1.29, 1.82) is 0 Å². The summed E-state index contributed by atoms with van der Waals surface area (Å²) in [5.74, 6) is -1.86. The van der Waals surface area contributed by atoms with Crippen LogP contribution >= 0.6 is 0 Å². The third-order valence-corrected chi connectivity index (χ3v) is 4.85. The number of nitrogens with one attached hydrogen (secondary N) is 1. The van der Waals surface area contributed by atoms with Crippen LogP contribution in [0.4, 0.5) is 14.5 Å². The molecule has 0 spiro atoms. The zero-order valence-corrected chi connectivity index (χ0v) is 14.0. The Labute approximate surface area is 140 Å². The lowest BCUT2D eigenvalue weighted by Crippen LogP contribution is -2.16. The number of Topliss-reactive ketones (excluding diaryl/α,β-unsaturated/α-hetero) is 1. The van der Waals surface area contributed by atoms with E-state index in [2.05, 4.69) is 9.88 Å². The maximum atomic E-state index is 13.2. The van der Waals surface area contributed by atoms with Crippen LogP contribution < -0.4 is 5.32 Å². The quantitative estimate of drug-likeness (QED) is 0.799. The summed E-state index contributed by atoms with van der Waals surface area (Å²) in [6.45, 7) is 4.07. The third kappa shape index (κ3) is 3.21. The topological polar surface area (TPSA) is 34.0 Å². The Bertz CT molecular complexity index is 761. The lowest BCUT2D eigenvalue weighted by Gasteiger charge is -2.17. The van der Waals surface area contributed by atoms with Gasteiger partial charge in [-0.25, -0.2) is 8.78 Å². The summed E-state index contributed by atoms with van der Waals surface area (Å²) < 4.78 is 28.4. The van der Waals surface area contributed by atoms with Gasteiger partial charge in [0.05, 0.1) is 6.54 Å². The van der Waals surface area contributed by atoms with Crippen LogP contribution in [-0.4, -0.2) is 16.9 Å². The first kappa shape index (κ1) is 16.7. The highest BCUT2D eigenvalue weighted by atomic mass is 19.2. The Hall–Kier alpha value is -2.17. The Morgan fingerprint density at radius 1 is 1.17 bits per heavy atom. The molecule has 1 fully saturated rings. The molecule has 0 bridgehead atoms. The van der Waals surface area contributed by atoms with Crippen LogP contribution in [0.3, 0.4) is 0 Å². The molecule has 0 saturated heterocycles. The van der Waals surface area contributed by atoms with Crippen LogP contribution in [0.5, 0.6) is 0 Å². The molecule has 1 aromatic carbocycles. The molecular weight excluding hydrogens is 310 g/mol. The average molecular weight is 332 g/mol. The number of hydrogen-bond donors (Lipinski definition) is 1. The first-order chi connectivity index (χ1) is 11.5. The molecule has 1 aromatic heterocycles. The summed E-state index contributed by atoms with van der Waals surface area (Å²) in [6, 6.07) is 5.96. The second-order valence-electron chi connectivity index (χ2n) is 6.50. The highest BCUT2D eigenvalue weighted by Crippen LogP contribution is 2.33. The summed E-state index contributed by atoms with van der Waals surface area (Å²) in [4.78, 5) is 12.5. The van der Waals surface area contributed by atoms with E-state index in [9.17, 15) is 13.6 Å². The monoisotopic (exact) mass is 332 g/mol. The number of benzene rings is 1. The van der Waals surface area contributed by atoms with Gasteiger partial charge in [0.25, 0.3) is 0 Å². The molecule has 0 radical (unpaired) electrons. The molecule has 1 aliphatic rings. The third-order valence-electron chi connectivity index (χ3n) is 4.85. The van der Waals surface area contributed by atoms with Gasteiger partial charge in [-0.15, -0.1) is 0 Å². The van der Waals surface area contributed by atoms with E-state index in [1.165, 1.54) is 18.9 Å². The van der Waals surface area contributed by atoms with E-state index in [1.54, 1.807) is 0 Å². The van der Waals surface area contributed by atoms with Gasteiger partial charge in [0.1, 0.15) is 0 Å². The predicted octanol–water partition coefficient (Wildman–Crippen LogP) is 4.79. The van der Waals surface area contributed by atoms with Crippen molar-refractivity contribution in [2.75, 3.05) is 11.9 Å². The van der Waals surface area contributed by atoms with Crippen LogP contribution in [0, 0.1) is 25.5 Å². The van der Waals surface area contributed by atoms with Gasteiger partial charge in [-0.1, -0.05) is 12.8 Å². The molecule has 128 valence electrons. The van der Waals surface area contributed by atoms with Gasteiger partial charge >= 0.3 is 0 Å². The molecule has 3 nitrogen and oxygen atoms in total. The van der Waals surface area contributed by atoms with E-state index >= 15 is 0 Å². The molecule has 0 atom stereocenters. The van der Waals surface area contributed by atoms with Crippen molar-refractivity contribution in [1.82, 2.24) is 4.57 Å². The number of nitrogens with zero attached hydrogens (tertiary/aromatic N) is 1. The number of carbonyl (C=O) groups excluding carboxylic acids is 1. The Balaban J connectivity index is 1.73. The van der Waals surface area contributed by atoms with Gasteiger partial charge in [0, 0.05) is 34.7 Å². The molecule has 0 amide bonds. The van der Waals surface area contributed by atoms with Gasteiger partial charge < -0.3 is 9.88 Å². The Morgan fingerprint density at radius 2 is 1.88 bits per heavy atom. The van der Waals surface area contributed by atoms with Gasteiger partial charge in [0.15, 0.2) is 17.4 Å². The number of aromatic nitrogens is 1. The van der Waals surface area contributed by atoms with Gasteiger partial charge in [-0.05, 0) is 44.9 Å². The number of ketones is 1. The minimum atomic E-state index is -0.924. The number of carbonyl (C=O) groups is 1. The summed E-state index contributed by atoms with van der Waals surface area (Å²) in [5, 5.41) is 2.87. The molecule has 1 aliphatic carbocycles. The maximum absolute atomic E-state index is 13.2. The summed E-state index contributed by atoms with van der Waals surface area (Å²) in [6.07, 6.45) is 4.81. The fourth-order valence-electron chi connectivity index (χ4n) is 3.67.